The highest BCUT2D eigenvalue weighted by atomic mass is 35.5. The molecule has 0 saturated heterocycles. The molecule has 0 fully saturated rings. The van der Waals surface area contributed by atoms with Gasteiger partial charge in [0, 0.05) is 22.7 Å². The second-order valence-corrected chi connectivity index (χ2v) is 5.59. The van der Waals surface area contributed by atoms with E-state index >= 15 is 0 Å². The minimum absolute atomic E-state index is 0.197. The van der Waals surface area contributed by atoms with Crippen molar-refractivity contribution in [2.75, 3.05) is 7.11 Å². The third-order valence-electron chi connectivity index (χ3n) is 3.21. The Bertz CT molecular complexity index is 817. The van der Waals surface area contributed by atoms with Gasteiger partial charge in [0.2, 0.25) is 0 Å². The van der Waals surface area contributed by atoms with E-state index in [1.807, 2.05) is 24.3 Å². The van der Waals surface area contributed by atoms with Crippen LogP contribution >= 0.6 is 23.2 Å². The monoisotopic (exact) mass is 349 g/mol. The lowest BCUT2D eigenvalue weighted by Gasteiger charge is -2.06. The molecule has 118 valence electrons. The van der Waals surface area contributed by atoms with Gasteiger partial charge in [-0.05, 0) is 24.3 Å². The molecule has 0 aliphatic rings. The first-order valence-corrected chi connectivity index (χ1v) is 7.60. The summed E-state index contributed by atoms with van der Waals surface area (Å²) in [5, 5.41) is 5.09. The second kappa shape index (κ2) is 6.94. The Labute approximate surface area is 143 Å². The van der Waals surface area contributed by atoms with Crippen molar-refractivity contribution in [3.63, 3.8) is 0 Å². The normalized spacial score (nSPS) is 10.6. The Hall–Kier alpha value is -2.17. The van der Waals surface area contributed by atoms with E-state index in [0.717, 1.165) is 11.3 Å². The number of nitrogens with zero attached hydrogens (tertiary/aromatic N) is 1. The Morgan fingerprint density at radius 2 is 1.87 bits per heavy atom. The quantitative estimate of drug-likeness (QED) is 0.632. The van der Waals surface area contributed by atoms with E-state index in [2.05, 4.69) is 5.16 Å². The molecule has 0 saturated carbocycles. The van der Waals surface area contributed by atoms with Crippen molar-refractivity contribution in [2.24, 2.45) is 0 Å². The molecule has 1 heterocycles. The number of para-hydroxylation sites is 1. The highest BCUT2D eigenvalue weighted by Crippen LogP contribution is 2.31. The third-order valence-corrected chi connectivity index (χ3v) is 3.75. The Kier molecular flexibility index (Phi) is 4.74. The summed E-state index contributed by atoms with van der Waals surface area (Å²) in [7, 11) is 1.62. The summed E-state index contributed by atoms with van der Waals surface area (Å²) in [6.45, 7) is 0.197. The molecule has 3 aromatic rings. The zero-order valence-electron chi connectivity index (χ0n) is 12.3. The Balaban J connectivity index is 1.76. The van der Waals surface area contributed by atoms with Crippen LogP contribution in [0.25, 0.3) is 11.3 Å². The van der Waals surface area contributed by atoms with Gasteiger partial charge in [-0.2, -0.15) is 0 Å². The van der Waals surface area contributed by atoms with E-state index in [9.17, 15) is 0 Å². The van der Waals surface area contributed by atoms with E-state index in [1.54, 1.807) is 31.4 Å². The van der Waals surface area contributed by atoms with Crippen LogP contribution in [-0.4, -0.2) is 12.3 Å². The summed E-state index contributed by atoms with van der Waals surface area (Å²) in [5.41, 5.74) is 1.53. The summed E-state index contributed by atoms with van der Waals surface area (Å²) >= 11 is 12.0. The average molecular weight is 350 g/mol. The number of ether oxygens (including phenoxy) is 2. The van der Waals surface area contributed by atoms with Crippen LogP contribution < -0.4 is 9.47 Å². The molecule has 0 amide bonds. The van der Waals surface area contributed by atoms with E-state index in [-0.39, 0.29) is 6.61 Å². The predicted molar refractivity (Wildman–Crippen MR) is 89.3 cm³/mol. The van der Waals surface area contributed by atoms with Crippen molar-refractivity contribution in [1.29, 1.82) is 0 Å². The second-order valence-electron chi connectivity index (χ2n) is 4.74. The predicted octanol–water partition coefficient (Wildman–Crippen LogP) is 5.24. The van der Waals surface area contributed by atoms with Gasteiger partial charge < -0.3 is 14.0 Å². The molecular formula is C17H13Cl2NO3. The summed E-state index contributed by atoms with van der Waals surface area (Å²) in [6, 6.07) is 14.4. The first-order chi connectivity index (χ1) is 11.2. The molecule has 0 spiro atoms. The highest BCUT2D eigenvalue weighted by Gasteiger charge is 2.12. The summed E-state index contributed by atoms with van der Waals surface area (Å²) in [5.74, 6) is 1.79. The fourth-order valence-corrected chi connectivity index (χ4v) is 2.44. The van der Waals surface area contributed by atoms with Crippen LogP contribution in [0.3, 0.4) is 0 Å². The molecule has 2 aromatic carbocycles. The molecular weight excluding hydrogens is 337 g/mol. The van der Waals surface area contributed by atoms with Crippen LogP contribution in [-0.2, 0) is 6.61 Å². The molecule has 23 heavy (non-hydrogen) atoms. The largest absolute Gasteiger partial charge is 0.496 e. The van der Waals surface area contributed by atoms with Crippen LogP contribution in [0, 0.1) is 0 Å². The van der Waals surface area contributed by atoms with Gasteiger partial charge in [-0.3, -0.25) is 0 Å². The maximum atomic E-state index is 6.06. The number of halogens is 2. The van der Waals surface area contributed by atoms with Crippen molar-refractivity contribution in [3.8, 4) is 22.8 Å². The van der Waals surface area contributed by atoms with E-state index < -0.39 is 0 Å². The van der Waals surface area contributed by atoms with Gasteiger partial charge in [0.05, 0.1) is 12.1 Å². The highest BCUT2D eigenvalue weighted by molar-refractivity contribution is 6.34. The number of hydrogen-bond donors (Lipinski definition) is 0. The van der Waals surface area contributed by atoms with Gasteiger partial charge in [-0.1, -0.05) is 40.5 Å². The van der Waals surface area contributed by atoms with E-state index in [0.29, 0.717) is 27.2 Å². The topological polar surface area (TPSA) is 44.5 Å². The van der Waals surface area contributed by atoms with Crippen LogP contribution in [0.4, 0.5) is 0 Å². The molecule has 0 bridgehead atoms. The van der Waals surface area contributed by atoms with Crippen molar-refractivity contribution in [1.82, 2.24) is 5.16 Å². The number of methoxy groups -OCH3 is 1. The Morgan fingerprint density at radius 3 is 2.70 bits per heavy atom. The maximum Gasteiger partial charge on any atom is 0.174 e. The standard InChI is InChI=1S/C17H13Cl2NO3/c1-21-16-5-3-2-4-13(16)15-9-12(23-20-15)10-22-17-8-11(18)6-7-14(17)19/h2-9H,10H2,1H3. The lowest BCUT2D eigenvalue weighted by Crippen LogP contribution is -1.94. The van der Waals surface area contributed by atoms with Crippen LogP contribution in [0.15, 0.2) is 53.1 Å². The SMILES string of the molecule is COc1ccccc1-c1cc(COc2cc(Cl)ccc2Cl)on1. The molecule has 0 N–H and O–H groups in total. The first kappa shape index (κ1) is 15.7. The van der Waals surface area contributed by atoms with Gasteiger partial charge in [0.25, 0.3) is 0 Å². The van der Waals surface area contributed by atoms with Gasteiger partial charge in [0.15, 0.2) is 5.76 Å². The number of hydrogen-bond acceptors (Lipinski definition) is 4. The number of benzene rings is 2. The van der Waals surface area contributed by atoms with Crippen molar-refractivity contribution >= 4 is 23.2 Å². The van der Waals surface area contributed by atoms with Crippen molar-refractivity contribution in [2.45, 2.75) is 6.61 Å². The van der Waals surface area contributed by atoms with Gasteiger partial charge in [0.1, 0.15) is 23.8 Å². The fraction of sp³-hybridized carbons (Fsp3) is 0.118. The molecule has 6 heteroatoms. The van der Waals surface area contributed by atoms with E-state index in [4.69, 9.17) is 37.2 Å². The van der Waals surface area contributed by atoms with Gasteiger partial charge in [-0.25, -0.2) is 0 Å². The minimum Gasteiger partial charge on any atom is -0.496 e. The minimum atomic E-state index is 0.197. The third kappa shape index (κ3) is 3.60. The zero-order chi connectivity index (χ0) is 16.2. The molecule has 1 aromatic heterocycles. The molecule has 3 rings (SSSR count). The summed E-state index contributed by atoms with van der Waals surface area (Å²) < 4.78 is 16.3. The maximum absolute atomic E-state index is 6.06. The lowest BCUT2D eigenvalue weighted by atomic mass is 10.1. The van der Waals surface area contributed by atoms with E-state index in [1.165, 1.54) is 0 Å². The zero-order valence-corrected chi connectivity index (χ0v) is 13.8. The number of aromatic nitrogens is 1. The van der Waals surface area contributed by atoms with Gasteiger partial charge in [-0.15, -0.1) is 0 Å². The van der Waals surface area contributed by atoms with Crippen LogP contribution in [0.2, 0.25) is 10.0 Å². The van der Waals surface area contributed by atoms with Crippen molar-refractivity contribution in [3.05, 3.63) is 64.3 Å². The number of rotatable bonds is 5. The van der Waals surface area contributed by atoms with Crippen molar-refractivity contribution < 1.29 is 14.0 Å². The molecule has 0 aliphatic carbocycles. The molecule has 0 radical (unpaired) electrons. The molecule has 0 atom stereocenters. The summed E-state index contributed by atoms with van der Waals surface area (Å²) in [6.07, 6.45) is 0. The molecule has 0 unspecified atom stereocenters. The fourth-order valence-electron chi connectivity index (χ4n) is 2.10. The summed E-state index contributed by atoms with van der Waals surface area (Å²) in [4.78, 5) is 0. The Morgan fingerprint density at radius 1 is 1.04 bits per heavy atom. The molecule has 4 nitrogen and oxygen atoms in total. The lowest BCUT2D eigenvalue weighted by molar-refractivity contribution is 0.250. The first-order valence-electron chi connectivity index (χ1n) is 6.84. The molecule has 0 aliphatic heterocycles. The smallest absolute Gasteiger partial charge is 0.174 e. The van der Waals surface area contributed by atoms with Crippen LogP contribution in [0.1, 0.15) is 5.76 Å². The van der Waals surface area contributed by atoms with Gasteiger partial charge >= 0.3 is 0 Å². The average Bonchev–Trinajstić information content (AvgIpc) is 3.04. The van der Waals surface area contributed by atoms with Crippen LogP contribution in [0.5, 0.6) is 11.5 Å².